The summed E-state index contributed by atoms with van der Waals surface area (Å²) in [6, 6.07) is 9.54. The van der Waals surface area contributed by atoms with Crippen molar-refractivity contribution in [3.05, 3.63) is 34.9 Å². The Hall–Kier alpha value is -0.570. The molecule has 0 saturated heterocycles. The van der Waals surface area contributed by atoms with Crippen LogP contribution < -0.4 is 5.32 Å². The fourth-order valence-corrected chi connectivity index (χ4v) is 2.46. The van der Waals surface area contributed by atoms with Gasteiger partial charge in [0, 0.05) is 23.7 Å². The third-order valence-electron chi connectivity index (χ3n) is 3.94. The monoisotopic (exact) mass is 280 g/mol. The summed E-state index contributed by atoms with van der Waals surface area (Å²) in [5.41, 5.74) is 1.22. The van der Waals surface area contributed by atoms with Crippen molar-refractivity contribution in [2.24, 2.45) is 0 Å². The van der Waals surface area contributed by atoms with Gasteiger partial charge < -0.3 is 5.32 Å². The van der Waals surface area contributed by atoms with Gasteiger partial charge in [0.25, 0.3) is 0 Å². The molecule has 2 nitrogen and oxygen atoms in total. The molecule has 0 aromatic heterocycles. The zero-order chi connectivity index (χ0) is 13.7. The van der Waals surface area contributed by atoms with E-state index >= 15 is 0 Å². The molecule has 1 atom stereocenters. The van der Waals surface area contributed by atoms with Crippen molar-refractivity contribution in [3.8, 4) is 0 Å². The van der Waals surface area contributed by atoms with Crippen molar-refractivity contribution in [2.75, 3.05) is 13.6 Å². The van der Waals surface area contributed by atoms with Crippen LogP contribution in [-0.2, 0) is 6.54 Å². The average Bonchev–Trinajstić information content (AvgIpc) is 3.21. The van der Waals surface area contributed by atoms with Gasteiger partial charge >= 0.3 is 0 Å². The first-order chi connectivity index (χ1) is 9.16. The normalized spacial score (nSPS) is 16.8. The lowest BCUT2D eigenvalue weighted by Gasteiger charge is -2.25. The Morgan fingerprint density at radius 1 is 1.37 bits per heavy atom. The predicted molar refractivity (Wildman–Crippen MR) is 82.6 cm³/mol. The van der Waals surface area contributed by atoms with Crippen molar-refractivity contribution < 1.29 is 0 Å². The molecule has 0 amide bonds. The highest BCUT2D eigenvalue weighted by Gasteiger charge is 2.19. The van der Waals surface area contributed by atoms with Gasteiger partial charge in [-0.15, -0.1) is 0 Å². The molecule has 1 aliphatic carbocycles. The van der Waals surface area contributed by atoms with Gasteiger partial charge in [-0.3, -0.25) is 4.90 Å². The fraction of sp³-hybridized carbons (Fsp3) is 0.625. The number of nitrogens with zero attached hydrogens (tertiary/aromatic N) is 1. The molecule has 1 fully saturated rings. The van der Waals surface area contributed by atoms with Crippen molar-refractivity contribution in [1.82, 2.24) is 10.2 Å². The molecule has 1 saturated carbocycles. The molecule has 1 unspecified atom stereocenters. The minimum absolute atomic E-state index is 0.595. The third kappa shape index (κ3) is 5.13. The van der Waals surface area contributed by atoms with Crippen LogP contribution >= 0.6 is 11.6 Å². The molecule has 0 spiro atoms. The van der Waals surface area contributed by atoms with Crippen LogP contribution in [0.4, 0.5) is 0 Å². The first-order valence-corrected chi connectivity index (χ1v) is 7.71. The minimum Gasteiger partial charge on any atom is -0.314 e. The van der Waals surface area contributed by atoms with Gasteiger partial charge in [-0.1, -0.05) is 29.8 Å². The standard InChI is InChI=1S/C16H25ClN2/c1-13(6-5-11-18-15-9-10-15)19(2)12-14-7-3-4-8-16(14)17/h3-4,7-8,13,15,18H,5-6,9-12H2,1-2H3. The molecule has 0 heterocycles. The Kier molecular flexibility index (Phi) is 5.68. The van der Waals surface area contributed by atoms with E-state index in [0.717, 1.165) is 24.2 Å². The van der Waals surface area contributed by atoms with Crippen molar-refractivity contribution in [3.63, 3.8) is 0 Å². The van der Waals surface area contributed by atoms with E-state index in [-0.39, 0.29) is 0 Å². The van der Waals surface area contributed by atoms with Crippen LogP contribution in [-0.4, -0.2) is 30.6 Å². The van der Waals surface area contributed by atoms with Crippen molar-refractivity contribution >= 4 is 11.6 Å². The summed E-state index contributed by atoms with van der Waals surface area (Å²) in [4.78, 5) is 2.39. The Balaban J connectivity index is 1.69. The molecule has 1 aromatic rings. The highest BCUT2D eigenvalue weighted by atomic mass is 35.5. The second-order valence-electron chi connectivity index (χ2n) is 5.73. The predicted octanol–water partition coefficient (Wildman–Crippen LogP) is 3.69. The molecule has 19 heavy (non-hydrogen) atoms. The second kappa shape index (κ2) is 7.28. The molecule has 1 aliphatic rings. The highest BCUT2D eigenvalue weighted by molar-refractivity contribution is 6.31. The van der Waals surface area contributed by atoms with E-state index in [9.17, 15) is 0 Å². The molecule has 2 rings (SSSR count). The molecule has 106 valence electrons. The van der Waals surface area contributed by atoms with E-state index in [1.807, 2.05) is 12.1 Å². The van der Waals surface area contributed by atoms with Crippen LogP contribution in [0.5, 0.6) is 0 Å². The summed E-state index contributed by atoms with van der Waals surface area (Å²) in [5, 5.41) is 4.44. The van der Waals surface area contributed by atoms with E-state index in [1.165, 1.54) is 31.2 Å². The molecule has 0 radical (unpaired) electrons. The summed E-state index contributed by atoms with van der Waals surface area (Å²) in [5.74, 6) is 0. The van der Waals surface area contributed by atoms with Crippen LogP contribution in [0.15, 0.2) is 24.3 Å². The Morgan fingerprint density at radius 2 is 2.11 bits per heavy atom. The lowest BCUT2D eigenvalue weighted by atomic mass is 10.1. The maximum Gasteiger partial charge on any atom is 0.0451 e. The fourth-order valence-electron chi connectivity index (χ4n) is 2.26. The maximum absolute atomic E-state index is 6.20. The molecular weight excluding hydrogens is 256 g/mol. The zero-order valence-electron chi connectivity index (χ0n) is 12.0. The van der Waals surface area contributed by atoms with Crippen LogP contribution in [0.3, 0.4) is 0 Å². The van der Waals surface area contributed by atoms with Gasteiger partial charge in [-0.05, 0) is 57.8 Å². The van der Waals surface area contributed by atoms with Crippen LogP contribution in [0.25, 0.3) is 0 Å². The van der Waals surface area contributed by atoms with Gasteiger partial charge in [0.1, 0.15) is 0 Å². The molecule has 0 aliphatic heterocycles. The SMILES string of the molecule is CC(CCCNC1CC1)N(C)Cc1ccccc1Cl. The minimum atomic E-state index is 0.595. The second-order valence-corrected chi connectivity index (χ2v) is 6.13. The number of benzene rings is 1. The molecular formula is C16H25ClN2. The summed E-state index contributed by atoms with van der Waals surface area (Å²) in [6.07, 6.45) is 5.25. The van der Waals surface area contributed by atoms with Crippen molar-refractivity contribution in [1.29, 1.82) is 0 Å². The van der Waals surface area contributed by atoms with E-state index in [0.29, 0.717) is 6.04 Å². The number of nitrogens with one attached hydrogen (secondary N) is 1. The van der Waals surface area contributed by atoms with E-state index < -0.39 is 0 Å². The molecule has 3 heteroatoms. The number of hydrogen-bond donors (Lipinski definition) is 1. The summed E-state index contributed by atoms with van der Waals surface area (Å²) in [6.45, 7) is 4.39. The van der Waals surface area contributed by atoms with Gasteiger partial charge in [-0.25, -0.2) is 0 Å². The maximum atomic E-state index is 6.20. The van der Waals surface area contributed by atoms with Gasteiger partial charge in [-0.2, -0.15) is 0 Å². The summed E-state index contributed by atoms with van der Waals surface area (Å²) in [7, 11) is 2.18. The molecule has 0 bridgehead atoms. The Morgan fingerprint density at radius 3 is 2.79 bits per heavy atom. The Bertz CT molecular complexity index is 390. The van der Waals surface area contributed by atoms with Crippen molar-refractivity contribution in [2.45, 2.75) is 51.2 Å². The number of hydrogen-bond acceptors (Lipinski definition) is 2. The first kappa shape index (κ1) is 14.8. The third-order valence-corrected chi connectivity index (χ3v) is 4.31. The van der Waals surface area contributed by atoms with E-state index in [4.69, 9.17) is 11.6 Å². The van der Waals surface area contributed by atoms with Gasteiger partial charge in [0.15, 0.2) is 0 Å². The average molecular weight is 281 g/mol. The zero-order valence-corrected chi connectivity index (χ0v) is 12.8. The molecule has 1 N–H and O–H groups in total. The van der Waals surface area contributed by atoms with Crippen LogP contribution in [0.2, 0.25) is 5.02 Å². The largest absolute Gasteiger partial charge is 0.314 e. The number of rotatable bonds is 8. The highest BCUT2D eigenvalue weighted by Crippen LogP contribution is 2.19. The van der Waals surface area contributed by atoms with Gasteiger partial charge in [0.05, 0.1) is 0 Å². The van der Waals surface area contributed by atoms with E-state index in [2.05, 4.69) is 36.3 Å². The lowest BCUT2D eigenvalue weighted by molar-refractivity contribution is 0.234. The Labute approximate surface area is 122 Å². The van der Waals surface area contributed by atoms with Crippen LogP contribution in [0, 0.1) is 0 Å². The first-order valence-electron chi connectivity index (χ1n) is 7.34. The van der Waals surface area contributed by atoms with E-state index in [1.54, 1.807) is 0 Å². The summed E-state index contributed by atoms with van der Waals surface area (Å²) >= 11 is 6.20. The smallest absolute Gasteiger partial charge is 0.0451 e. The lowest BCUT2D eigenvalue weighted by Crippen LogP contribution is -2.29. The quantitative estimate of drug-likeness (QED) is 0.731. The molecule has 1 aromatic carbocycles. The topological polar surface area (TPSA) is 15.3 Å². The number of halogens is 1. The van der Waals surface area contributed by atoms with Gasteiger partial charge in [0.2, 0.25) is 0 Å². The summed E-state index contributed by atoms with van der Waals surface area (Å²) < 4.78 is 0. The van der Waals surface area contributed by atoms with Crippen LogP contribution in [0.1, 0.15) is 38.2 Å².